The van der Waals surface area contributed by atoms with Crippen molar-refractivity contribution in [2.24, 2.45) is 0 Å². The molecule has 0 spiro atoms. The van der Waals surface area contributed by atoms with Crippen molar-refractivity contribution >= 4 is 5.97 Å². The molecule has 0 radical (unpaired) electrons. The summed E-state index contributed by atoms with van der Waals surface area (Å²) < 4.78 is 15.7. The molecule has 0 saturated carbocycles. The maximum atomic E-state index is 11.3. The van der Waals surface area contributed by atoms with Gasteiger partial charge in [0.05, 0.1) is 13.7 Å². The highest BCUT2D eigenvalue weighted by Crippen LogP contribution is 2.19. The molecule has 0 aliphatic carbocycles. The molecule has 1 fully saturated rings. The Morgan fingerprint density at radius 2 is 1.50 bits per heavy atom. The Hall–Kier alpha value is -0.870. The largest absolute Gasteiger partial charge is 0.467 e. The van der Waals surface area contributed by atoms with Crippen LogP contribution in [0.1, 0.15) is 96.8 Å². The number of carbonyl (C=O) groups is 1. The molecule has 2 atom stereocenters. The number of methoxy groups -OCH3 is 1. The average Bonchev–Trinajstić information content (AvgIpc) is 3.13. The van der Waals surface area contributed by atoms with Crippen LogP contribution in [0.5, 0.6) is 0 Å². The Labute approximate surface area is 160 Å². The van der Waals surface area contributed by atoms with Crippen molar-refractivity contribution < 1.29 is 19.0 Å². The monoisotopic (exact) mass is 368 g/mol. The quantitative estimate of drug-likeness (QED) is 0.192. The highest BCUT2D eigenvalue weighted by Gasteiger charge is 2.31. The minimum Gasteiger partial charge on any atom is -0.467 e. The van der Waals surface area contributed by atoms with Gasteiger partial charge < -0.3 is 14.2 Å². The molecule has 0 bridgehead atoms. The summed E-state index contributed by atoms with van der Waals surface area (Å²) in [6.45, 7) is 2.59. The number of carbonyl (C=O) groups excluding carboxylic acids is 1. The van der Waals surface area contributed by atoms with Crippen LogP contribution < -0.4 is 0 Å². The third-order valence-corrected chi connectivity index (χ3v) is 4.92. The minimum atomic E-state index is -0.534. The van der Waals surface area contributed by atoms with Crippen LogP contribution in [-0.2, 0) is 19.0 Å². The second-order valence-corrected chi connectivity index (χ2v) is 7.28. The first-order chi connectivity index (χ1) is 12.8. The van der Waals surface area contributed by atoms with Gasteiger partial charge in [0.15, 0.2) is 12.4 Å². The predicted octanol–water partition coefficient (Wildman–Crippen LogP) is 5.94. The Balaban J connectivity index is 1.81. The summed E-state index contributed by atoms with van der Waals surface area (Å²) >= 11 is 0. The van der Waals surface area contributed by atoms with Crippen LogP contribution in [0.15, 0.2) is 12.2 Å². The highest BCUT2D eigenvalue weighted by molar-refractivity contribution is 5.74. The van der Waals surface area contributed by atoms with Gasteiger partial charge in [0, 0.05) is 0 Å². The number of hydrogen-bond donors (Lipinski definition) is 0. The summed E-state index contributed by atoms with van der Waals surface area (Å²) in [6, 6.07) is 0. The van der Waals surface area contributed by atoms with Gasteiger partial charge in [-0.25, -0.2) is 4.79 Å². The maximum Gasteiger partial charge on any atom is 0.337 e. The molecule has 0 aromatic carbocycles. The first kappa shape index (κ1) is 23.2. The number of esters is 1. The van der Waals surface area contributed by atoms with Gasteiger partial charge in [0.1, 0.15) is 0 Å². The lowest BCUT2D eigenvalue weighted by Gasteiger charge is -2.10. The lowest BCUT2D eigenvalue weighted by molar-refractivity contribution is -0.154. The molecule has 4 nitrogen and oxygen atoms in total. The van der Waals surface area contributed by atoms with Gasteiger partial charge >= 0.3 is 5.97 Å². The van der Waals surface area contributed by atoms with Crippen molar-refractivity contribution in [3.05, 3.63) is 12.2 Å². The third kappa shape index (κ3) is 11.7. The molecule has 1 heterocycles. The van der Waals surface area contributed by atoms with E-state index in [1.54, 1.807) is 0 Å². The fourth-order valence-electron chi connectivity index (χ4n) is 3.24. The molecule has 0 N–H and O–H groups in total. The van der Waals surface area contributed by atoms with E-state index in [0.717, 1.165) is 12.8 Å². The molecule has 1 aliphatic heterocycles. The van der Waals surface area contributed by atoms with Crippen molar-refractivity contribution in [3.63, 3.8) is 0 Å². The molecular formula is C22H40O4. The Kier molecular flexibility index (Phi) is 14.5. The van der Waals surface area contributed by atoms with Crippen LogP contribution in [-0.4, -0.2) is 32.1 Å². The van der Waals surface area contributed by atoms with E-state index in [-0.39, 0.29) is 12.3 Å². The van der Waals surface area contributed by atoms with Gasteiger partial charge in [-0.15, -0.1) is 0 Å². The van der Waals surface area contributed by atoms with Gasteiger partial charge in [-0.05, 0) is 38.5 Å². The SMILES string of the molecule is CCCCCCCC/C=C/CCCCCCC[C@@H]1OC[C@H](C(=O)OC)O1. The molecule has 1 aliphatic rings. The Bertz CT molecular complexity index is 367. The smallest absolute Gasteiger partial charge is 0.337 e. The highest BCUT2D eigenvalue weighted by atomic mass is 16.7. The summed E-state index contributed by atoms with van der Waals surface area (Å²) in [5, 5.41) is 0. The van der Waals surface area contributed by atoms with E-state index >= 15 is 0 Å². The second kappa shape index (κ2) is 16.3. The van der Waals surface area contributed by atoms with E-state index in [1.165, 1.54) is 84.2 Å². The van der Waals surface area contributed by atoms with Gasteiger partial charge in [-0.3, -0.25) is 0 Å². The summed E-state index contributed by atoms with van der Waals surface area (Å²) in [6.07, 6.45) is 21.7. The molecule has 0 aromatic heterocycles. The molecule has 26 heavy (non-hydrogen) atoms. The lowest BCUT2D eigenvalue weighted by atomic mass is 10.1. The maximum absolute atomic E-state index is 11.3. The Morgan fingerprint density at radius 3 is 2.12 bits per heavy atom. The van der Waals surface area contributed by atoms with Gasteiger partial charge in [-0.1, -0.05) is 70.4 Å². The first-order valence-electron chi connectivity index (χ1n) is 10.8. The van der Waals surface area contributed by atoms with Crippen molar-refractivity contribution in [3.8, 4) is 0 Å². The number of rotatable bonds is 16. The zero-order chi connectivity index (χ0) is 18.9. The Morgan fingerprint density at radius 1 is 0.923 bits per heavy atom. The normalized spacial score (nSPS) is 20.1. The molecule has 0 aromatic rings. The van der Waals surface area contributed by atoms with Gasteiger partial charge in [-0.2, -0.15) is 0 Å². The van der Waals surface area contributed by atoms with Crippen molar-refractivity contribution in [1.29, 1.82) is 0 Å². The summed E-state index contributed by atoms with van der Waals surface area (Å²) in [5.74, 6) is -0.336. The molecule has 0 unspecified atom stereocenters. The van der Waals surface area contributed by atoms with E-state index in [4.69, 9.17) is 9.47 Å². The molecule has 1 saturated heterocycles. The standard InChI is InChI=1S/C22H40O4/c1-3-4-5-6-7-8-9-10-11-12-13-14-15-16-17-18-21-25-19-20(26-21)22(23)24-2/h10-11,20-21H,3-9,12-19H2,1-2H3/b11-10+/t20-,21-/m1/s1. The first-order valence-corrected chi connectivity index (χ1v) is 10.8. The molecule has 0 amide bonds. The van der Waals surface area contributed by atoms with Crippen LogP contribution in [0.4, 0.5) is 0 Å². The number of hydrogen-bond acceptors (Lipinski definition) is 4. The summed E-state index contributed by atoms with van der Waals surface area (Å²) in [5.41, 5.74) is 0. The minimum absolute atomic E-state index is 0.232. The van der Waals surface area contributed by atoms with E-state index in [1.807, 2.05) is 0 Å². The van der Waals surface area contributed by atoms with Crippen molar-refractivity contribution in [2.45, 2.75) is 109 Å². The van der Waals surface area contributed by atoms with Crippen LogP contribution in [0.25, 0.3) is 0 Å². The second-order valence-electron chi connectivity index (χ2n) is 7.28. The van der Waals surface area contributed by atoms with Crippen molar-refractivity contribution in [1.82, 2.24) is 0 Å². The van der Waals surface area contributed by atoms with E-state index in [0.29, 0.717) is 6.61 Å². The van der Waals surface area contributed by atoms with Gasteiger partial charge in [0.25, 0.3) is 0 Å². The fourth-order valence-corrected chi connectivity index (χ4v) is 3.24. The topological polar surface area (TPSA) is 44.8 Å². The van der Waals surface area contributed by atoms with E-state index < -0.39 is 6.10 Å². The van der Waals surface area contributed by atoms with E-state index in [9.17, 15) is 4.79 Å². The van der Waals surface area contributed by atoms with Crippen LogP contribution in [0.3, 0.4) is 0 Å². The average molecular weight is 369 g/mol. The number of allylic oxidation sites excluding steroid dienone is 2. The zero-order valence-electron chi connectivity index (χ0n) is 17.0. The lowest BCUT2D eigenvalue weighted by Crippen LogP contribution is -2.24. The van der Waals surface area contributed by atoms with Gasteiger partial charge in [0.2, 0.25) is 0 Å². The summed E-state index contributed by atoms with van der Waals surface area (Å²) in [4.78, 5) is 11.3. The fraction of sp³-hybridized carbons (Fsp3) is 0.864. The zero-order valence-corrected chi connectivity index (χ0v) is 17.0. The van der Waals surface area contributed by atoms with Crippen molar-refractivity contribution in [2.75, 3.05) is 13.7 Å². The van der Waals surface area contributed by atoms with Crippen LogP contribution >= 0.6 is 0 Å². The molecular weight excluding hydrogens is 328 g/mol. The van der Waals surface area contributed by atoms with E-state index in [2.05, 4.69) is 23.8 Å². The predicted molar refractivity (Wildman–Crippen MR) is 106 cm³/mol. The summed E-state index contributed by atoms with van der Waals surface area (Å²) in [7, 11) is 1.38. The number of ether oxygens (including phenoxy) is 3. The van der Waals surface area contributed by atoms with Crippen LogP contribution in [0.2, 0.25) is 0 Å². The van der Waals surface area contributed by atoms with Crippen LogP contribution in [0, 0.1) is 0 Å². The third-order valence-electron chi connectivity index (χ3n) is 4.92. The molecule has 4 heteroatoms. The molecule has 1 rings (SSSR count). The molecule has 152 valence electrons. The number of unbranched alkanes of at least 4 members (excludes halogenated alkanes) is 11.